The number of nitrogens with one attached hydrogen (secondary N) is 1. The molecule has 2 heterocycles. The Morgan fingerprint density at radius 1 is 1.09 bits per heavy atom. The Bertz CT molecular complexity index is 1220. The summed E-state index contributed by atoms with van der Waals surface area (Å²) in [4.78, 5) is 31.2. The fourth-order valence-electron chi connectivity index (χ4n) is 4.32. The lowest BCUT2D eigenvalue weighted by atomic mass is 10.1. The zero-order valence-corrected chi connectivity index (χ0v) is 20.0. The number of aromatic amines is 1. The predicted octanol–water partition coefficient (Wildman–Crippen LogP) is 3.68. The Morgan fingerprint density at radius 2 is 1.82 bits per heavy atom. The molecule has 2 aromatic carbocycles. The molecule has 34 heavy (non-hydrogen) atoms. The van der Waals surface area contributed by atoms with Gasteiger partial charge >= 0.3 is 0 Å². The van der Waals surface area contributed by atoms with Crippen LogP contribution in [0.15, 0.2) is 41.2 Å². The molecule has 1 aliphatic heterocycles. The smallest absolute Gasteiger partial charge is 0.254 e. The molecular formula is C26H30N2O6. The number of aryl methyl sites for hydroxylation is 1. The number of aromatic nitrogens is 1. The quantitative estimate of drug-likeness (QED) is 0.545. The van der Waals surface area contributed by atoms with E-state index in [9.17, 15) is 9.59 Å². The standard InChI is InChI=1S/C26H30N2O6/c1-16-7-8-17-11-19(25(29)27-21(17)10-16)14-28(15-20-6-5-9-34-20)26(30)18-12-22(31-2)24(33-4)23(13-18)32-3/h7-8,10-13,20H,5-6,9,14-15H2,1-4H3,(H,27,29)/t20-/m0/s1. The first-order valence-electron chi connectivity index (χ1n) is 11.3. The van der Waals surface area contributed by atoms with Crippen molar-refractivity contribution < 1.29 is 23.7 Å². The number of methoxy groups -OCH3 is 3. The van der Waals surface area contributed by atoms with Crippen molar-refractivity contribution in [3.8, 4) is 17.2 Å². The second-order valence-corrected chi connectivity index (χ2v) is 8.45. The van der Waals surface area contributed by atoms with Gasteiger partial charge in [-0.2, -0.15) is 0 Å². The molecule has 8 nitrogen and oxygen atoms in total. The molecule has 4 rings (SSSR count). The molecule has 1 amide bonds. The number of amides is 1. The summed E-state index contributed by atoms with van der Waals surface area (Å²) < 4.78 is 22.0. The van der Waals surface area contributed by atoms with Gasteiger partial charge in [0.15, 0.2) is 11.5 Å². The number of nitrogens with zero attached hydrogens (tertiary/aromatic N) is 1. The molecule has 1 aromatic heterocycles. The molecule has 0 aliphatic carbocycles. The lowest BCUT2D eigenvalue weighted by Crippen LogP contribution is -2.38. The number of rotatable bonds is 8. The van der Waals surface area contributed by atoms with Crippen molar-refractivity contribution in [3.63, 3.8) is 0 Å². The van der Waals surface area contributed by atoms with Crippen LogP contribution in [-0.4, -0.2) is 56.4 Å². The van der Waals surface area contributed by atoms with Crippen molar-refractivity contribution in [2.75, 3.05) is 34.5 Å². The van der Waals surface area contributed by atoms with Crippen molar-refractivity contribution in [3.05, 3.63) is 63.4 Å². The van der Waals surface area contributed by atoms with Gasteiger partial charge in [0.25, 0.3) is 11.5 Å². The molecule has 1 aliphatic rings. The van der Waals surface area contributed by atoms with Crippen molar-refractivity contribution in [2.45, 2.75) is 32.4 Å². The third-order valence-corrected chi connectivity index (χ3v) is 6.09. The van der Waals surface area contributed by atoms with Crippen molar-refractivity contribution in [2.24, 2.45) is 0 Å². The van der Waals surface area contributed by atoms with Gasteiger partial charge < -0.3 is 28.8 Å². The number of fused-ring (bicyclic) bond motifs is 1. The minimum absolute atomic E-state index is 0.0758. The summed E-state index contributed by atoms with van der Waals surface area (Å²) in [6, 6.07) is 11.0. The second kappa shape index (κ2) is 10.2. The Balaban J connectivity index is 1.71. The van der Waals surface area contributed by atoms with E-state index in [0.717, 1.165) is 29.3 Å². The molecule has 0 bridgehead atoms. The molecule has 1 fully saturated rings. The molecule has 8 heteroatoms. The van der Waals surface area contributed by atoms with Gasteiger partial charge in [-0.3, -0.25) is 9.59 Å². The second-order valence-electron chi connectivity index (χ2n) is 8.45. The fraction of sp³-hybridized carbons (Fsp3) is 0.385. The van der Waals surface area contributed by atoms with Crippen LogP contribution < -0.4 is 19.8 Å². The average Bonchev–Trinajstić information content (AvgIpc) is 3.35. The first-order valence-corrected chi connectivity index (χ1v) is 11.3. The Morgan fingerprint density at radius 3 is 2.44 bits per heavy atom. The van der Waals surface area contributed by atoms with Crippen molar-refractivity contribution in [1.29, 1.82) is 0 Å². The highest BCUT2D eigenvalue weighted by Gasteiger charge is 2.26. The molecule has 1 atom stereocenters. The Labute approximate surface area is 198 Å². The van der Waals surface area contributed by atoms with E-state index in [0.29, 0.717) is 41.5 Å². The van der Waals surface area contributed by atoms with Gasteiger partial charge in [-0.15, -0.1) is 0 Å². The third-order valence-electron chi connectivity index (χ3n) is 6.09. The number of carbonyl (C=O) groups excluding carboxylic acids is 1. The number of benzene rings is 2. The monoisotopic (exact) mass is 466 g/mol. The Hall–Kier alpha value is -3.52. The van der Waals surface area contributed by atoms with Crippen LogP contribution in [0, 0.1) is 6.92 Å². The number of carbonyl (C=O) groups is 1. The maximum absolute atomic E-state index is 13.7. The molecule has 0 spiro atoms. The lowest BCUT2D eigenvalue weighted by molar-refractivity contribution is 0.0506. The molecule has 3 aromatic rings. The van der Waals surface area contributed by atoms with Crippen LogP contribution >= 0.6 is 0 Å². The Kier molecular flexibility index (Phi) is 7.07. The van der Waals surface area contributed by atoms with Crippen LogP contribution in [0.3, 0.4) is 0 Å². The average molecular weight is 467 g/mol. The number of hydrogen-bond donors (Lipinski definition) is 1. The van der Waals surface area contributed by atoms with E-state index in [2.05, 4.69) is 4.98 Å². The van der Waals surface area contributed by atoms with E-state index < -0.39 is 0 Å². The summed E-state index contributed by atoms with van der Waals surface area (Å²) in [7, 11) is 4.52. The summed E-state index contributed by atoms with van der Waals surface area (Å²) in [6.07, 6.45) is 1.74. The van der Waals surface area contributed by atoms with Crippen LogP contribution in [0.4, 0.5) is 0 Å². The molecular weight excluding hydrogens is 436 g/mol. The zero-order chi connectivity index (χ0) is 24.2. The van der Waals surface area contributed by atoms with Gasteiger partial charge in [0.1, 0.15) is 0 Å². The van der Waals surface area contributed by atoms with Crippen LogP contribution in [0.1, 0.15) is 34.3 Å². The van der Waals surface area contributed by atoms with Gasteiger partial charge in [0.05, 0.1) is 34.0 Å². The van der Waals surface area contributed by atoms with E-state index in [1.807, 2.05) is 31.2 Å². The third kappa shape index (κ3) is 4.87. The molecule has 1 N–H and O–H groups in total. The van der Waals surface area contributed by atoms with E-state index in [-0.39, 0.29) is 24.1 Å². The van der Waals surface area contributed by atoms with E-state index in [1.54, 1.807) is 17.0 Å². The van der Waals surface area contributed by atoms with Crippen LogP contribution in [0.5, 0.6) is 17.2 Å². The molecule has 180 valence electrons. The topological polar surface area (TPSA) is 90.1 Å². The van der Waals surface area contributed by atoms with E-state index in [1.165, 1.54) is 21.3 Å². The molecule has 1 saturated heterocycles. The van der Waals surface area contributed by atoms with Gasteiger partial charge in [-0.05, 0) is 55.0 Å². The van der Waals surface area contributed by atoms with Gasteiger partial charge in [0, 0.05) is 29.8 Å². The highest BCUT2D eigenvalue weighted by atomic mass is 16.5. The normalized spacial score (nSPS) is 15.4. The summed E-state index contributed by atoms with van der Waals surface area (Å²) in [6.45, 7) is 3.17. The summed E-state index contributed by atoms with van der Waals surface area (Å²) in [5, 5.41) is 0.914. The molecule has 0 radical (unpaired) electrons. The number of H-pyrrole nitrogens is 1. The van der Waals surface area contributed by atoms with Crippen molar-refractivity contribution >= 4 is 16.8 Å². The maximum Gasteiger partial charge on any atom is 0.254 e. The minimum Gasteiger partial charge on any atom is -0.493 e. The van der Waals surface area contributed by atoms with Gasteiger partial charge in [-0.25, -0.2) is 0 Å². The molecule has 0 unspecified atom stereocenters. The van der Waals surface area contributed by atoms with E-state index in [4.69, 9.17) is 18.9 Å². The summed E-state index contributed by atoms with van der Waals surface area (Å²) >= 11 is 0. The number of ether oxygens (including phenoxy) is 4. The predicted molar refractivity (Wildman–Crippen MR) is 129 cm³/mol. The summed E-state index contributed by atoms with van der Waals surface area (Å²) in [5.41, 5.74) is 2.51. The largest absolute Gasteiger partial charge is 0.493 e. The molecule has 0 saturated carbocycles. The van der Waals surface area contributed by atoms with Gasteiger partial charge in [0.2, 0.25) is 5.75 Å². The van der Waals surface area contributed by atoms with Crippen LogP contribution in [0.25, 0.3) is 10.9 Å². The lowest BCUT2D eigenvalue weighted by Gasteiger charge is -2.26. The maximum atomic E-state index is 13.7. The number of pyridine rings is 1. The first-order chi connectivity index (χ1) is 16.4. The number of hydrogen-bond acceptors (Lipinski definition) is 6. The zero-order valence-electron chi connectivity index (χ0n) is 20.0. The van der Waals surface area contributed by atoms with Crippen molar-refractivity contribution in [1.82, 2.24) is 9.88 Å². The SMILES string of the molecule is COc1cc(C(=O)N(Cc2cc3ccc(C)cc3[nH]c2=O)C[C@@H]2CCCO2)cc(OC)c1OC. The highest BCUT2D eigenvalue weighted by molar-refractivity contribution is 5.95. The van der Waals surface area contributed by atoms with Crippen LogP contribution in [0.2, 0.25) is 0 Å². The minimum atomic E-state index is -0.252. The fourth-order valence-corrected chi connectivity index (χ4v) is 4.32. The summed E-state index contributed by atoms with van der Waals surface area (Å²) in [5.74, 6) is 0.939. The van der Waals surface area contributed by atoms with Crippen LogP contribution in [-0.2, 0) is 11.3 Å². The van der Waals surface area contributed by atoms with Gasteiger partial charge in [-0.1, -0.05) is 12.1 Å². The first kappa shape index (κ1) is 23.6. The van der Waals surface area contributed by atoms with E-state index >= 15 is 0 Å². The highest BCUT2D eigenvalue weighted by Crippen LogP contribution is 2.38.